The molecule has 0 saturated carbocycles. The maximum absolute atomic E-state index is 12.5. The molecular weight excluding hydrogens is 338 g/mol. The lowest BCUT2D eigenvalue weighted by molar-refractivity contribution is -0.132. The number of nitrogens with zero attached hydrogens (tertiary/aromatic N) is 2. The highest BCUT2D eigenvalue weighted by molar-refractivity contribution is 7.09. The van der Waals surface area contributed by atoms with Crippen LogP contribution in [0, 0.1) is 12.8 Å². The maximum atomic E-state index is 12.5. The van der Waals surface area contributed by atoms with Crippen molar-refractivity contribution in [3.05, 3.63) is 40.2 Å². The van der Waals surface area contributed by atoms with Crippen LogP contribution in [0.2, 0.25) is 0 Å². The van der Waals surface area contributed by atoms with E-state index in [1.54, 1.807) is 23.5 Å². The van der Waals surface area contributed by atoms with E-state index in [0.29, 0.717) is 31.2 Å². The predicted molar refractivity (Wildman–Crippen MR) is 95.5 cm³/mol. The standard InChI is InChI=1S/C18H23N3O3S/c1-13-16(25-12-20-13)6-7-17(22)21-8-2-4-14(11-21)10-19-18(23)15-5-3-9-24-15/h3,5,9,12,14H,2,4,6-8,10-11H2,1H3,(H,19,23). The van der Waals surface area contributed by atoms with Crippen LogP contribution in [-0.4, -0.2) is 41.3 Å². The second kappa shape index (κ2) is 8.29. The molecule has 1 N–H and O–H groups in total. The van der Waals surface area contributed by atoms with Crippen molar-refractivity contribution in [2.45, 2.75) is 32.6 Å². The van der Waals surface area contributed by atoms with Crippen molar-refractivity contribution in [2.24, 2.45) is 5.92 Å². The number of aryl methyl sites for hydroxylation is 2. The molecule has 6 nitrogen and oxygen atoms in total. The van der Waals surface area contributed by atoms with E-state index >= 15 is 0 Å². The zero-order valence-corrected chi connectivity index (χ0v) is 15.2. The molecule has 1 aliphatic rings. The van der Waals surface area contributed by atoms with Crippen LogP contribution in [0.15, 0.2) is 28.3 Å². The fraction of sp³-hybridized carbons (Fsp3) is 0.500. The number of hydrogen-bond donors (Lipinski definition) is 1. The zero-order valence-electron chi connectivity index (χ0n) is 14.4. The summed E-state index contributed by atoms with van der Waals surface area (Å²) in [6, 6.07) is 3.34. The molecule has 1 unspecified atom stereocenters. The van der Waals surface area contributed by atoms with Gasteiger partial charge in [-0.3, -0.25) is 9.59 Å². The van der Waals surface area contributed by atoms with Gasteiger partial charge in [-0.05, 0) is 44.2 Å². The molecule has 2 amide bonds. The number of carbonyl (C=O) groups excluding carboxylic acids is 2. The molecule has 134 valence electrons. The molecule has 3 rings (SSSR count). The minimum absolute atomic E-state index is 0.190. The van der Waals surface area contributed by atoms with Gasteiger partial charge in [0.1, 0.15) is 0 Å². The number of furan rings is 1. The summed E-state index contributed by atoms with van der Waals surface area (Å²) >= 11 is 1.61. The number of aromatic nitrogens is 1. The highest BCUT2D eigenvalue weighted by Gasteiger charge is 2.24. The van der Waals surface area contributed by atoms with E-state index in [1.807, 2.05) is 17.3 Å². The predicted octanol–water partition coefficient (Wildman–Crippen LogP) is 2.65. The number of amides is 2. The fourth-order valence-electron chi connectivity index (χ4n) is 3.13. The minimum atomic E-state index is -0.200. The molecular formula is C18H23N3O3S. The van der Waals surface area contributed by atoms with Crippen LogP contribution in [0.5, 0.6) is 0 Å². The first-order chi connectivity index (χ1) is 12.1. The smallest absolute Gasteiger partial charge is 0.286 e. The monoisotopic (exact) mass is 361 g/mol. The van der Waals surface area contributed by atoms with Crippen molar-refractivity contribution in [1.82, 2.24) is 15.2 Å². The molecule has 25 heavy (non-hydrogen) atoms. The topological polar surface area (TPSA) is 75.4 Å². The lowest BCUT2D eigenvalue weighted by atomic mass is 9.97. The Bertz CT molecular complexity index is 711. The average Bonchev–Trinajstić information content (AvgIpc) is 3.30. The summed E-state index contributed by atoms with van der Waals surface area (Å²) in [5.74, 6) is 0.606. The van der Waals surface area contributed by atoms with E-state index in [0.717, 1.165) is 31.5 Å². The lowest BCUT2D eigenvalue weighted by Crippen LogP contribution is -2.43. The Morgan fingerprint density at radius 3 is 3.08 bits per heavy atom. The van der Waals surface area contributed by atoms with Gasteiger partial charge in [-0.15, -0.1) is 11.3 Å². The van der Waals surface area contributed by atoms with Gasteiger partial charge in [0, 0.05) is 30.9 Å². The number of likely N-dealkylation sites (tertiary alicyclic amines) is 1. The van der Waals surface area contributed by atoms with Gasteiger partial charge in [-0.25, -0.2) is 4.98 Å². The Balaban J connectivity index is 1.44. The maximum Gasteiger partial charge on any atom is 0.286 e. The molecule has 1 saturated heterocycles. The van der Waals surface area contributed by atoms with Crippen molar-refractivity contribution in [3.8, 4) is 0 Å². The molecule has 1 aliphatic heterocycles. The second-order valence-electron chi connectivity index (χ2n) is 6.40. The Kier molecular flexibility index (Phi) is 5.86. The summed E-state index contributed by atoms with van der Waals surface area (Å²) in [4.78, 5) is 31.8. The number of carbonyl (C=O) groups is 2. The minimum Gasteiger partial charge on any atom is -0.459 e. The van der Waals surface area contributed by atoms with E-state index in [4.69, 9.17) is 4.42 Å². The molecule has 1 atom stereocenters. The first-order valence-corrected chi connectivity index (χ1v) is 9.50. The van der Waals surface area contributed by atoms with Crippen LogP contribution in [0.4, 0.5) is 0 Å². The Morgan fingerprint density at radius 1 is 1.48 bits per heavy atom. The van der Waals surface area contributed by atoms with Crippen molar-refractivity contribution >= 4 is 23.2 Å². The van der Waals surface area contributed by atoms with Gasteiger partial charge >= 0.3 is 0 Å². The van der Waals surface area contributed by atoms with E-state index in [9.17, 15) is 9.59 Å². The number of hydrogen-bond acceptors (Lipinski definition) is 5. The molecule has 1 fully saturated rings. The van der Waals surface area contributed by atoms with Crippen molar-refractivity contribution in [2.75, 3.05) is 19.6 Å². The van der Waals surface area contributed by atoms with Gasteiger partial charge in [0.05, 0.1) is 17.5 Å². The van der Waals surface area contributed by atoms with Crippen LogP contribution >= 0.6 is 11.3 Å². The van der Waals surface area contributed by atoms with Crippen LogP contribution < -0.4 is 5.32 Å². The molecule has 7 heteroatoms. The Labute approximate surface area is 151 Å². The van der Waals surface area contributed by atoms with E-state index in [-0.39, 0.29) is 11.8 Å². The number of nitrogens with one attached hydrogen (secondary N) is 1. The quantitative estimate of drug-likeness (QED) is 0.858. The number of thiazole rings is 1. The van der Waals surface area contributed by atoms with Crippen LogP contribution in [-0.2, 0) is 11.2 Å². The van der Waals surface area contributed by atoms with Gasteiger partial charge in [0.15, 0.2) is 5.76 Å². The summed E-state index contributed by atoms with van der Waals surface area (Å²) in [5.41, 5.74) is 2.85. The van der Waals surface area contributed by atoms with Crippen LogP contribution in [0.1, 0.15) is 40.4 Å². The molecule has 0 radical (unpaired) electrons. The summed E-state index contributed by atoms with van der Waals surface area (Å²) in [5, 5.41) is 2.90. The molecule has 2 aromatic heterocycles. The van der Waals surface area contributed by atoms with E-state index in [2.05, 4.69) is 10.3 Å². The normalized spacial score (nSPS) is 17.5. The van der Waals surface area contributed by atoms with Gasteiger partial charge in [0.2, 0.25) is 5.91 Å². The largest absolute Gasteiger partial charge is 0.459 e. The van der Waals surface area contributed by atoms with Gasteiger partial charge in [-0.1, -0.05) is 0 Å². The van der Waals surface area contributed by atoms with Crippen molar-refractivity contribution in [1.29, 1.82) is 0 Å². The molecule has 0 spiro atoms. The second-order valence-corrected chi connectivity index (χ2v) is 7.34. The summed E-state index contributed by atoms with van der Waals surface area (Å²) in [6.45, 7) is 4.06. The zero-order chi connectivity index (χ0) is 17.6. The summed E-state index contributed by atoms with van der Waals surface area (Å²) in [6.07, 6.45) is 4.77. The van der Waals surface area contributed by atoms with Crippen molar-refractivity contribution in [3.63, 3.8) is 0 Å². The van der Waals surface area contributed by atoms with E-state index < -0.39 is 0 Å². The SMILES string of the molecule is Cc1ncsc1CCC(=O)N1CCCC(CNC(=O)c2ccco2)C1. The van der Waals surface area contributed by atoms with Gasteiger partial charge < -0.3 is 14.6 Å². The van der Waals surface area contributed by atoms with Crippen LogP contribution in [0.25, 0.3) is 0 Å². The third-order valence-corrected chi connectivity index (χ3v) is 5.57. The molecule has 2 aromatic rings. The number of piperidine rings is 1. The van der Waals surface area contributed by atoms with E-state index in [1.165, 1.54) is 11.1 Å². The van der Waals surface area contributed by atoms with Crippen molar-refractivity contribution < 1.29 is 14.0 Å². The first kappa shape index (κ1) is 17.7. The van der Waals surface area contributed by atoms with Gasteiger partial charge in [0.25, 0.3) is 5.91 Å². The summed E-state index contributed by atoms with van der Waals surface area (Å²) < 4.78 is 5.09. The molecule has 0 aromatic carbocycles. The highest BCUT2D eigenvalue weighted by atomic mass is 32.1. The summed E-state index contributed by atoms with van der Waals surface area (Å²) in [7, 11) is 0. The molecule has 0 bridgehead atoms. The van der Waals surface area contributed by atoms with Crippen LogP contribution in [0.3, 0.4) is 0 Å². The third-order valence-electron chi connectivity index (χ3n) is 4.58. The third kappa shape index (κ3) is 4.69. The highest BCUT2D eigenvalue weighted by Crippen LogP contribution is 2.19. The average molecular weight is 361 g/mol. The lowest BCUT2D eigenvalue weighted by Gasteiger charge is -2.33. The molecule has 3 heterocycles. The van der Waals surface area contributed by atoms with Gasteiger partial charge in [-0.2, -0.15) is 0 Å². The number of rotatable bonds is 6. The fourth-order valence-corrected chi connectivity index (χ4v) is 3.92. The first-order valence-electron chi connectivity index (χ1n) is 8.62. The Morgan fingerprint density at radius 2 is 2.36 bits per heavy atom. The molecule has 0 aliphatic carbocycles. The Hall–Kier alpha value is -2.15.